The summed E-state index contributed by atoms with van der Waals surface area (Å²) in [7, 11) is 1.92. The van der Waals surface area contributed by atoms with Crippen LogP contribution in [-0.2, 0) is 11.3 Å². The maximum Gasteiger partial charge on any atom is 0.256 e. The predicted molar refractivity (Wildman–Crippen MR) is 108 cm³/mol. The summed E-state index contributed by atoms with van der Waals surface area (Å²) in [6.45, 7) is 2.53. The van der Waals surface area contributed by atoms with E-state index in [-0.39, 0.29) is 18.6 Å². The van der Waals surface area contributed by atoms with E-state index in [1.54, 1.807) is 10.8 Å². The molecule has 0 radical (unpaired) electrons. The van der Waals surface area contributed by atoms with Gasteiger partial charge in [-0.25, -0.2) is 8.78 Å². The molecule has 0 N–H and O–H groups in total. The van der Waals surface area contributed by atoms with Crippen LogP contribution in [-0.4, -0.2) is 65.5 Å². The fourth-order valence-corrected chi connectivity index (χ4v) is 4.57. The Morgan fingerprint density at radius 2 is 1.97 bits per heavy atom. The van der Waals surface area contributed by atoms with Crippen LogP contribution >= 0.6 is 0 Å². The minimum atomic E-state index is -2.38. The summed E-state index contributed by atoms with van der Waals surface area (Å²) in [5.41, 5.74) is 0.783. The van der Waals surface area contributed by atoms with E-state index in [1.165, 1.54) is 0 Å². The number of hydrogen-bond donors (Lipinski definition) is 0. The van der Waals surface area contributed by atoms with Crippen molar-refractivity contribution < 1.29 is 18.3 Å². The first-order valence-corrected chi connectivity index (χ1v) is 10.5. The van der Waals surface area contributed by atoms with Gasteiger partial charge in [0.05, 0.1) is 12.1 Å². The normalized spacial score (nSPS) is 22.0. The fourth-order valence-electron chi connectivity index (χ4n) is 4.57. The van der Waals surface area contributed by atoms with Crippen molar-refractivity contribution in [3.8, 4) is 5.75 Å². The van der Waals surface area contributed by atoms with Gasteiger partial charge in [-0.05, 0) is 43.9 Å². The van der Waals surface area contributed by atoms with Crippen molar-refractivity contribution in [1.82, 2.24) is 14.4 Å². The molecular weight excluding hydrogens is 376 g/mol. The van der Waals surface area contributed by atoms with Gasteiger partial charge in [0.2, 0.25) is 5.91 Å². The number of carbonyl (C=O) groups excluding carboxylic acids is 1. The number of fused-ring (bicyclic) bond motifs is 1. The Labute approximate surface area is 170 Å². The molecule has 1 unspecified atom stereocenters. The molecule has 0 spiro atoms. The number of alkyl halides is 2. The Bertz CT molecular complexity index is 846. The first-order valence-electron chi connectivity index (χ1n) is 10.5. The molecule has 29 heavy (non-hydrogen) atoms. The number of ether oxygens (including phenoxy) is 1. The number of benzene rings is 1. The topological polar surface area (TPSA) is 37.7 Å². The zero-order chi connectivity index (χ0) is 20.4. The van der Waals surface area contributed by atoms with Crippen molar-refractivity contribution in [1.29, 1.82) is 0 Å². The monoisotopic (exact) mass is 405 g/mol. The number of piperidine rings is 2. The minimum Gasteiger partial charge on any atom is -0.490 e. The van der Waals surface area contributed by atoms with Gasteiger partial charge in [0.1, 0.15) is 11.9 Å². The Kier molecular flexibility index (Phi) is 6.04. The van der Waals surface area contributed by atoms with Gasteiger partial charge in [-0.2, -0.15) is 0 Å². The lowest BCUT2D eigenvalue weighted by atomic mass is 10.00. The first-order chi connectivity index (χ1) is 14.0. The summed E-state index contributed by atoms with van der Waals surface area (Å²) >= 11 is 0. The molecule has 2 aromatic rings. The molecule has 1 amide bonds. The number of rotatable bonds is 6. The Balaban J connectivity index is 1.34. The van der Waals surface area contributed by atoms with Crippen LogP contribution in [0.1, 0.15) is 32.1 Å². The summed E-state index contributed by atoms with van der Waals surface area (Å²) in [6.07, 6.45) is 4.05. The molecule has 2 aliphatic heterocycles. The summed E-state index contributed by atoms with van der Waals surface area (Å²) in [5, 5.41) is 0.887. The van der Waals surface area contributed by atoms with E-state index in [0.717, 1.165) is 62.0 Å². The SMILES string of the molecule is CN1C(=O)CCCC1CN1CCC(Oc2cccc3c2ccn3CC(F)F)CC1. The van der Waals surface area contributed by atoms with E-state index in [0.29, 0.717) is 12.5 Å². The van der Waals surface area contributed by atoms with Crippen molar-refractivity contribution in [2.24, 2.45) is 0 Å². The lowest BCUT2D eigenvalue weighted by molar-refractivity contribution is -0.135. The summed E-state index contributed by atoms with van der Waals surface area (Å²) < 4.78 is 33.4. The van der Waals surface area contributed by atoms with Crippen LogP contribution in [0.5, 0.6) is 5.75 Å². The number of aromatic nitrogens is 1. The number of carbonyl (C=O) groups is 1. The number of likely N-dealkylation sites (tertiary alicyclic amines) is 2. The van der Waals surface area contributed by atoms with Crippen LogP contribution in [0.15, 0.2) is 30.5 Å². The molecule has 158 valence electrons. The highest BCUT2D eigenvalue weighted by atomic mass is 19.3. The molecule has 2 aliphatic rings. The smallest absolute Gasteiger partial charge is 0.256 e. The zero-order valence-electron chi connectivity index (χ0n) is 16.9. The largest absolute Gasteiger partial charge is 0.490 e. The highest BCUT2D eigenvalue weighted by Crippen LogP contribution is 2.30. The molecule has 0 aliphatic carbocycles. The van der Waals surface area contributed by atoms with Crippen LogP contribution in [0.25, 0.3) is 10.9 Å². The van der Waals surface area contributed by atoms with Gasteiger partial charge < -0.3 is 19.1 Å². The number of hydrogen-bond acceptors (Lipinski definition) is 3. The van der Waals surface area contributed by atoms with Gasteiger partial charge in [-0.3, -0.25) is 4.79 Å². The molecule has 1 aromatic heterocycles. The average molecular weight is 405 g/mol. The highest BCUT2D eigenvalue weighted by molar-refractivity contribution is 5.86. The van der Waals surface area contributed by atoms with E-state index >= 15 is 0 Å². The Morgan fingerprint density at radius 3 is 2.72 bits per heavy atom. The number of amides is 1. The molecule has 1 aromatic carbocycles. The molecule has 1 atom stereocenters. The Hall–Kier alpha value is -2.15. The van der Waals surface area contributed by atoms with Crippen LogP contribution in [0, 0.1) is 0 Å². The molecule has 4 rings (SSSR count). The average Bonchev–Trinajstić information content (AvgIpc) is 3.10. The van der Waals surface area contributed by atoms with E-state index in [9.17, 15) is 13.6 Å². The molecule has 2 fully saturated rings. The molecule has 5 nitrogen and oxygen atoms in total. The fraction of sp³-hybridized carbons (Fsp3) is 0.591. The third kappa shape index (κ3) is 4.55. The second-order valence-corrected chi connectivity index (χ2v) is 8.22. The zero-order valence-corrected chi connectivity index (χ0v) is 16.9. The van der Waals surface area contributed by atoms with Crippen molar-refractivity contribution in [3.05, 3.63) is 30.5 Å². The number of likely N-dealkylation sites (N-methyl/N-ethyl adjacent to an activating group) is 1. The maximum atomic E-state index is 12.8. The molecule has 7 heteroatoms. The molecule has 2 saturated heterocycles. The van der Waals surface area contributed by atoms with Gasteiger partial charge in [-0.15, -0.1) is 0 Å². The third-order valence-electron chi connectivity index (χ3n) is 6.27. The second-order valence-electron chi connectivity index (χ2n) is 8.22. The van der Waals surface area contributed by atoms with Gasteiger partial charge >= 0.3 is 0 Å². The summed E-state index contributed by atoms with van der Waals surface area (Å²) in [5.74, 6) is 1.03. The number of nitrogens with zero attached hydrogens (tertiary/aromatic N) is 3. The van der Waals surface area contributed by atoms with E-state index in [2.05, 4.69) is 4.90 Å². The van der Waals surface area contributed by atoms with Crippen LogP contribution in [0.2, 0.25) is 0 Å². The van der Waals surface area contributed by atoms with E-state index < -0.39 is 6.43 Å². The quantitative estimate of drug-likeness (QED) is 0.735. The molecule has 0 saturated carbocycles. The summed E-state index contributed by atoms with van der Waals surface area (Å²) in [6, 6.07) is 7.82. The Morgan fingerprint density at radius 1 is 1.17 bits per heavy atom. The van der Waals surface area contributed by atoms with Crippen molar-refractivity contribution in [2.75, 3.05) is 26.7 Å². The van der Waals surface area contributed by atoms with Gasteiger partial charge in [-0.1, -0.05) is 6.07 Å². The maximum absolute atomic E-state index is 12.8. The van der Waals surface area contributed by atoms with E-state index in [1.807, 2.05) is 36.2 Å². The van der Waals surface area contributed by atoms with Crippen LogP contribution in [0.3, 0.4) is 0 Å². The highest BCUT2D eigenvalue weighted by Gasteiger charge is 2.29. The first kappa shape index (κ1) is 20.1. The van der Waals surface area contributed by atoms with Gasteiger partial charge in [0.25, 0.3) is 6.43 Å². The number of halogens is 2. The van der Waals surface area contributed by atoms with Crippen LogP contribution < -0.4 is 4.74 Å². The van der Waals surface area contributed by atoms with Crippen LogP contribution in [0.4, 0.5) is 8.78 Å². The van der Waals surface area contributed by atoms with Crippen molar-refractivity contribution in [3.63, 3.8) is 0 Å². The lowest BCUT2D eigenvalue weighted by Crippen LogP contribution is -2.49. The predicted octanol–water partition coefficient (Wildman–Crippen LogP) is 3.76. The lowest BCUT2D eigenvalue weighted by Gasteiger charge is -2.39. The van der Waals surface area contributed by atoms with Crippen molar-refractivity contribution >= 4 is 16.8 Å². The van der Waals surface area contributed by atoms with E-state index in [4.69, 9.17) is 4.74 Å². The summed E-state index contributed by atoms with van der Waals surface area (Å²) in [4.78, 5) is 16.3. The van der Waals surface area contributed by atoms with Gasteiger partial charge in [0, 0.05) is 50.7 Å². The molecular formula is C22H29F2N3O2. The third-order valence-corrected chi connectivity index (χ3v) is 6.27. The second kappa shape index (κ2) is 8.69. The molecule has 3 heterocycles. The van der Waals surface area contributed by atoms with Crippen molar-refractivity contribution in [2.45, 2.75) is 57.2 Å². The standard InChI is InChI=1S/C22H29F2N3O2/c1-25-16(4-2-7-22(25)28)14-26-11-8-17(9-12-26)29-20-6-3-5-19-18(20)10-13-27(19)15-21(23)24/h3,5-6,10,13,16-17,21H,2,4,7-9,11-12,14-15H2,1H3. The van der Waals surface area contributed by atoms with Gasteiger partial charge in [0.15, 0.2) is 0 Å². The molecule has 0 bridgehead atoms. The minimum absolute atomic E-state index is 0.126.